The Balaban J connectivity index is 1.32. The molecule has 0 aromatic heterocycles. The van der Waals surface area contributed by atoms with Crippen LogP contribution in [-0.2, 0) is 0 Å². The number of fused-ring (bicyclic) bond motifs is 4. The van der Waals surface area contributed by atoms with Crippen LogP contribution in [0.1, 0.15) is 16.7 Å². The van der Waals surface area contributed by atoms with Gasteiger partial charge in [0.05, 0.1) is 22.7 Å². The minimum absolute atomic E-state index is 1.16. The Kier molecular flexibility index (Phi) is 5.35. The van der Waals surface area contributed by atoms with E-state index in [4.69, 9.17) is 0 Å². The number of hydrogen-bond acceptors (Lipinski definition) is 4. The Morgan fingerprint density at radius 3 is 1.92 bits per heavy atom. The summed E-state index contributed by atoms with van der Waals surface area (Å²) in [5.41, 5.74) is 12.5. The van der Waals surface area contributed by atoms with Crippen molar-refractivity contribution >= 4 is 52.0 Å². The lowest BCUT2D eigenvalue weighted by Gasteiger charge is -2.33. The van der Waals surface area contributed by atoms with Crippen LogP contribution in [-0.4, -0.2) is 0 Å². The maximum absolute atomic E-state index is 3.80. The fourth-order valence-corrected chi connectivity index (χ4v) is 7.75. The van der Waals surface area contributed by atoms with Crippen molar-refractivity contribution in [2.45, 2.75) is 40.4 Å². The number of anilines is 5. The SMILES string of the molecule is Cc1cc(C)c(-c2cccc3c2Nc2ccc(N4c5ccccc5Sc5ccccc54)cc2S3)c(C)c1. The minimum Gasteiger partial charge on any atom is -0.353 e. The summed E-state index contributed by atoms with van der Waals surface area (Å²) >= 11 is 3.70. The van der Waals surface area contributed by atoms with Gasteiger partial charge in [0, 0.05) is 30.8 Å². The first-order valence-electron chi connectivity index (χ1n) is 12.5. The van der Waals surface area contributed by atoms with E-state index >= 15 is 0 Å². The molecule has 2 nitrogen and oxygen atoms in total. The van der Waals surface area contributed by atoms with Gasteiger partial charge in [0.15, 0.2) is 0 Å². The fourth-order valence-electron chi connectivity index (χ4n) is 5.63. The second-order valence-corrected chi connectivity index (χ2v) is 11.9. The predicted molar refractivity (Wildman–Crippen MR) is 159 cm³/mol. The summed E-state index contributed by atoms with van der Waals surface area (Å²) in [5, 5.41) is 3.80. The van der Waals surface area contributed by atoms with Crippen LogP contribution in [0.2, 0.25) is 0 Å². The van der Waals surface area contributed by atoms with E-state index in [2.05, 4.69) is 128 Å². The van der Waals surface area contributed by atoms with Gasteiger partial charge >= 0.3 is 0 Å². The lowest BCUT2D eigenvalue weighted by atomic mass is 9.92. The Morgan fingerprint density at radius 1 is 0.595 bits per heavy atom. The summed E-state index contributed by atoms with van der Waals surface area (Å²) in [7, 11) is 0. The summed E-state index contributed by atoms with van der Waals surface area (Å²) in [6.07, 6.45) is 0. The van der Waals surface area contributed by atoms with Gasteiger partial charge in [0.1, 0.15) is 0 Å². The zero-order chi connectivity index (χ0) is 25.1. The summed E-state index contributed by atoms with van der Waals surface area (Å²) in [4.78, 5) is 7.46. The second-order valence-electron chi connectivity index (χ2n) is 9.73. The number of hydrogen-bond donors (Lipinski definition) is 1. The molecule has 2 aliphatic heterocycles. The molecule has 0 saturated heterocycles. The van der Waals surface area contributed by atoms with Gasteiger partial charge < -0.3 is 10.2 Å². The summed E-state index contributed by atoms with van der Waals surface area (Å²) < 4.78 is 0. The van der Waals surface area contributed by atoms with E-state index in [-0.39, 0.29) is 0 Å². The Bertz CT molecular complexity index is 1640. The maximum Gasteiger partial charge on any atom is 0.0606 e. The molecule has 180 valence electrons. The number of aryl methyl sites for hydroxylation is 3. The molecule has 37 heavy (non-hydrogen) atoms. The van der Waals surface area contributed by atoms with Crippen molar-refractivity contribution < 1.29 is 0 Å². The van der Waals surface area contributed by atoms with E-state index in [0.717, 1.165) is 5.69 Å². The normalized spacial score (nSPS) is 13.2. The van der Waals surface area contributed by atoms with E-state index in [1.54, 1.807) is 0 Å². The Hall–Kier alpha value is -3.60. The van der Waals surface area contributed by atoms with Gasteiger partial charge in [-0.2, -0.15) is 0 Å². The smallest absolute Gasteiger partial charge is 0.0606 e. The molecule has 0 saturated carbocycles. The summed E-state index contributed by atoms with van der Waals surface area (Å²) in [5.74, 6) is 0. The topological polar surface area (TPSA) is 15.3 Å². The van der Waals surface area contributed by atoms with Gasteiger partial charge in [0.2, 0.25) is 0 Å². The number of rotatable bonds is 2. The van der Waals surface area contributed by atoms with Gasteiger partial charge in [-0.3, -0.25) is 0 Å². The molecule has 2 heterocycles. The molecule has 1 N–H and O–H groups in total. The molecule has 4 heteroatoms. The molecule has 5 aromatic carbocycles. The zero-order valence-corrected chi connectivity index (χ0v) is 22.6. The monoisotopic (exact) mass is 514 g/mol. The third-order valence-electron chi connectivity index (χ3n) is 7.11. The number of benzene rings is 5. The van der Waals surface area contributed by atoms with Crippen LogP contribution in [0.4, 0.5) is 28.4 Å². The van der Waals surface area contributed by atoms with Crippen molar-refractivity contribution in [3.63, 3.8) is 0 Å². The first kappa shape index (κ1) is 22.6. The van der Waals surface area contributed by atoms with Crippen molar-refractivity contribution in [1.82, 2.24) is 0 Å². The highest BCUT2D eigenvalue weighted by Gasteiger charge is 2.26. The molecule has 2 aliphatic rings. The van der Waals surface area contributed by atoms with E-state index in [0.29, 0.717) is 0 Å². The summed E-state index contributed by atoms with van der Waals surface area (Å²) in [6, 6.07) is 35.4. The summed E-state index contributed by atoms with van der Waals surface area (Å²) in [6.45, 7) is 6.61. The molecular formula is C33H26N2S2. The molecule has 0 radical (unpaired) electrons. The van der Waals surface area contributed by atoms with Crippen molar-refractivity contribution in [3.8, 4) is 11.1 Å². The van der Waals surface area contributed by atoms with Crippen LogP contribution < -0.4 is 10.2 Å². The Morgan fingerprint density at radius 2 is 1.22 bits per heavy atom. The van der Waals surface area contributed by atoms with Crippen LogP contribution in [0.5, 0.6) is 0 Å². The number of para-hydroxylation sites is 3. The van der Waals surface area contributed by atoms with Gasteiger partial charge in [-0.05, 0) is 86.0 Å². The molecule has 0 fully saturated rings. The largest absolute Gasteiger partial charge is 0.353 e. The second kappa shape index (κ2) is 8.76. The van der Waals surface area contributed by atoms with E-state index in [1.165, 1.54) is 70.1 Å². The molecule has 7 rings (SSSR count). The molecular weight excluding hydrogens is 489 g/mol. The highest BCUT2D eigenvalue weighted by Crippen LogP contribution is 2.54. The van der Waals surface area contributed by atoms with Crippen molar-refractivity contribution in [2.75, 3.05) is 10.2 Å². The van der Waals surface area contributed by atoms with Gasteiger partial charge in [-0.15, -0.1) is 0 Å². The van der Waals surface area contributed by atoms with Crippen molar-refractivity contribution in [2.24, 2.45) is 0 Å². The van der Waals surface area contributed by atoms with Crippen LogP contribution in [0.25, 0.3) is 11.1 Å². The molecule has 0 unspecified atom stereocenters. The quantitative estimate of drug-likeness (QED) is 0.247. The molecule has 0 amide bonds. The van der Waals surface area contributed by atoms with Crippen molar-refractivity contribution in [1.29, 1.82) is 0 Å². The van der Waals surface area contributed by atoms with Crippen LogP contribution in [0.15, 0.2) is 117 Å². The lowest BCUT2D eigenvalue weighted by Crippen LogP contribution is -2.15. The van der Waals surface area contributed by atoms with Crippen LogP contribution in [0.3, 0.4) is 0 Å². The third-order valence-corrected chi connectivity index (χ3v) is 9.36. The van der Waals surface area contributed by atoms with E-state index < -0.39 is 0 Å². The Labute approximate surface area is 226 Å². The van der Waals surface area contributed by atoms with Crippen LogP contribution in [0, 0.1) is 20.8 Å². The molecule has 0 bridgehead atoms. The number of nitrogens with one attached hydrogen (secondary N) is 1. The highest BCUT2D eigenvalue weighted by atomic mass is 32.2. The van der Waals surface area contributed by atoms with Crippen molar-refractivity contribution in [3.05, 3.63) is 114 Å². The minimum atomic E-state index is 1.16. The van der Waals surface area contributed by atoms with Crippen LogP contribution >= 0.6 is 23.5 Å². The highest BCUT2D eigenvalue weighted by molar-refractivity contribution is 8.00. The number of nitrogens with zero attached hydrogens (tertiary/aromatic N) is 1. The third kappa shape index (κ3) is 3.75. The lowest BCUT2D eigenvalue weighted by molar-refractivity contribution is 1.16. The average molecular weight is 515 g/mol. The molecule has 5 aromatic rings. The van der Waals surface area contributed by atoms with Gasteiger partial charge in [-0.25, -0.2) is 0 Å². The van der Waals surface area contributed by atoms with E-state index in [9.17, 15) is 0 Å². The standard InChI is InChI=1S/C33H26N2S2/c1-20-17-21(2)32(22(3)18-20)24-9-8-14-30-33(24)34-25-16-15-23(19-31(25)37-30)35-26-10-4-6-12-28(26)36-29-13-7-5-11-27(29)35/h4-19,34H,1-3H3. The molecule has 0 aliphatic carbocycles. The molecule has 0 atom stereocenters. The molecule has 0 spiro atoms. The van der Waals surface area contributed by atoms with Gasteiger partial charge in [-0.1, -0.05) is 77.6 Å². The first-order valence-corrected chi connectivity index (χ1v) is 14.2. The van der Waals surface area contributed by atoms with E-state index in [1.807, 2.05) is 23.5 Å². The predicted octanol–water partition coefficient (Wildman–Crippen LogP) is 10.4. The van der Waals surface area contributed by atoms with Gasteiger partial charge in [0.25, 0.3) is 0 Å². The fraction of sp³-hybridized carbons (Fsp3) is 0.0909. The first-order chi connectivity index (χ1) is 18.1. The maximum atomic E-state index is 3.80. The zero-order valence-electron chi connectivity index (χ0n) is 21.0. The average Bonchev–Trinajstić information content (AvgIpc) is 2.90.